The van der Waals surface area contributed by atoms with Crippen molar-refractivity contribution in [2.45, 2.75) is 19.8 Å². The zero-order valence-corrected chi connectivity index (χ0v) is 5.29. The quantitative estimate of drug-likeness (QED) is 0.323. The number of nitrogens with zero attached hydrogens (tertiary/aromatic N) is 1. The fourth-order valence-electron chi connectivity index (χ4n) is 0.459. The van der Waals surface area contributed by atoms with Crippen LogP contribution in [0.4, 0.5) is 0 Å². The summed E-state index contributed by atoms with van der Waals surface area (Å²) >= 11 is 0. The number of hydrogen-bond donors (Lipinski definition) is 2. The van der Waals surface area contributed by atoms with Crippen LogP contribution in [-0.2, 0) is 4.79 Å². The number of hydrogen-bond acceptors (Lipinski definition) is 3. The predicted molar refractivity (Wildman–Crippen MR) is 33.3 cm³/mol. The molecule has 0 saturated carbocycles. The van der Waals surface area contributed by atoms with Gasteiger partial charge < -0.3 is 10.9 Å². The van der Waals surface area contributed by atoms with E-state index in [-0.39, 0.29) is 5.71 Å². The molecule has 0 aromatic heterocycles. The van der Waals surface area contributed by atoms with Gasteiger partial charge in [0.15, 0.2) is 0 Å². The highest BCUT2D eigenvalue weighted by atomic mass is 16.4. The third-order valence-electron chi connectivity index (χ3n) is 0.892. The number of carbonyl (C=O) groups excluding carboxylic acids is 1. The fraction of sp³-hybridized carbons (Fsp3) is 0.600. The van der Waals surface area contributed by atoms with Crippen LogP contribution in [-0.4, -0.2) is 16.8 Å². The second-order valence-electron chi connectivity index (χ2n) is 1.66. The third kappa shape index (κ3) is 2.69. The van der Waals surface area contributed by atoms with Gasteiger partial charge in [0, 0.05) is 0 Å². The van der Waals surface area contributed by atoms with E-state index < -0.39 is 5.91 Å². The molecule has 9 heavy (non-hydrogen) atoms. The highest BCUT2D eigenvalue weighted by molar-refractivity contribution is 6.38. The largest absolute Gasteiger partial charge is 0.410 e. The average molecular weight is 130 g/mol. The van der Waals surface area contributed by atoms with Crippen LogP contribution in [0.5, 0.6) is 0 Å². The predicted octanol–water partition coefficient (Wildman–Crippen LogP) is 0.102. The molecule has 0 rings (SSSR count). The lowest BCUT2D eigenvalue weighted by atomic mass is 10.2. The molecule has 52 valence electrons. The van der Waals surface area contributed by atoms with E-state index in [9.17, 15) is 4.79 Å². The monoisotopic (exact) mass is 130 g/mol. The van der Waals surface area contributed by atoms with Crippen molar-refractivity contribution in [3.05, 3.63) is 0 Å². The molecule has 0 radical (unpaired) electrons. The number of primary amides is 1. The Labute approximate surface area is 53.3 Å². The van der Waals surface area contributed by atoms with Crippen LogP contribution >= 0.6 is 0 Å². The first kappa shape index (κ1) is 7.94. The molecular formula is C5H10N2O2. The smallest absolute Gasteiger partial charge is 0.266 e. The molecule has 0 aromatic rings. The van der Waals surface area contributed by atoms with E-state index in [1.165, 1.54) is 0 Å². The highest BCUT2D eigenvalue weighted by Crippen LogP contribution is 1.89. The summed E-state index contributed by atoms with van der Waals surface area (Å²) in [6, 6.07) is 0. The number of carbonyl (C=O) groups is 1. The summed E-state index contributed by atoms with van der Waals surface area (Å²) in [7, 11) is 0. The lowest BCUT2D eigenvalue weighted by Gasteiger charge is -1.93. The molecule has 4 nitrogen and oxygen atoms in total. The second kappa shape index (κ2) is 3.88. The minimum absolute atomic E-state index is 0.0394. The van der Waals surface area contributed by atoms with Crippen LogP contribution in [0.25, 0.3) is 0 Å². The Kier molecular flexibility index (Phi) is 3.43. The Bertz CT molecular complexity index is 131. The van der Waals surface area contributed by atoms with Crippen molar-refractivity contribution in [1.29, 1.82) is 0 Å². The maximum Gasteiger partial charge on any atom is 0.266 e. The van der Waals surface area contributed by atoms with Crippen LogP contribution < -0.4 is 5.73 Å². The van der Waals surface area contributed by atoms with E-state index >= 15 is 0 Å². The molecule has 3 N–H and O–H groups in total. The number of oxime groups is 1. The Morgan fingerprint density at radius 2 is 2.33 bits per heavy atom. The minimum atomic E-state index is -0.653. The van der Waals surface area contributed by atoms with Crippen molar-refractivity contribution in [1.82, 2.24) is 0 Å². The molecular weight excluding hydrogens is 120 g/mol. The molecule has 0 aliphatic rings. The highest BCUT2D eigenvalue weighted by Gasteiger charge is 2.03. The molecule has 4 heteroatoms. The van der Waals surface area contributed by atoms with Gasteiger partial charge in [0.1, 0.15) is 5.71 Å². The van der Waals surface area contributed by atoms with Gasteiger partial charge >= 0.3 is 0 Å². The van der Waals surface area contributed by atoms with Gasteiger partial charge in [-0.2, -0.15) is 0 Å². The molecule has 0 spiro atoms. The van der Waals surface area contributed by atoms with E-state index in [1.807, 2.05) is 6.92 Å². The molecule has 1 amide bonds. The number of amides is 1. The Balaban J connectivity index is 3.85. The third-order valence-corrected chi connectivity index (χ3v) is 0.892. The van der Waals surface area contributed by atoms with Crippen LogP contribution in [0.3, 0.4) is 0 Å². The first-order valence-corrected chi connectivity index (χ1v) is 2.73. The lowest BCUT2D eigenvalue weighted by Crippen LogP contribution is -2.22. The molecule has 0 saturated heterocycles. The van der Waals surface area contributed by atoms with Crippen molar-refractivity contribution < 1.29 is 10.0 Å². The summed E-state index contributed by atoms with van der Waals surface area (Å²) in [5.41, 5.74) is 4.84. The first-order chi connectivity index (χ1) is 4.22. The first-order valence-electron chi connectivity index (χ1n) is 2.73. The van der Waals surface area contributed by atoms with Crippen molar-refractivity contribution >= 4 is 11.6 Å². The molecule has 0 unspecified atom stereocenters. The van der Waals surface area contributed by atoms with E-state index in [4.69, 9.17) is 10.9 Å². The molecule has 0 aliphatic heterocycles. The maximum atomic E-state index is 10.3. The van der Waals surface area contributed by atoms with Crippen LogP contribution in [0.1, 0.15) is 19.8 Å². The summed E-state index contributed by atoms with van der Waals surface area (Å²) in [6.07, 6.45) is 1.19. The molecule has 0 atom stereocenters. The second-order valence-corrected chi connectivity index (χ2v) is 1.66. The molecule has 0 aliphatic carbocycles. The average Bonchev–Trinajstić information content (AvgIpc) is 1.82. The van der Waals surface area contributed by atoms with E-state index in [0.717, 1.165) is 6.42 Å². The van der Waals surface area contributed by atoms with Gasteiger partial charge in [-0.3, -0.25) is 4.79 Å². The van der Waals surface area contributed by atoms with Gasteiger partial charge in [0.25, 0.3) is 5.91 Å². The fourth-order valence-corrected chi connectivity index (χ4v) is 0.459. The van der Waals surface area contributed by atoms with E-state index in [0.29, 0.717) is 6.42 Å². The Hall–Kier alpha value is -1.06. The van der Waals surface area contributed by atoms with Gasteiger partial charge in [-0.1, -0.05) is 18.5 Å². The maximum absolute atomic E-state index is 10.3. The van der Waals surface area contributed by atoms with Gasteiger partial charge in [-0.15, -0.1) is 0 Å². The summed E-state index contributed by atoms with van der Waals surface area (Å²) < 4.78 is 0. The van der Waals surface area contributed by atoms with Gasteiger partial charge in [0.2, 0.25) is 0 Å². The molecule has 0 heterocycles. The summed E-state index contributed by atoms with van der Waals surface area (Å²) in [6.45, 7) is 1.87. The van der Waals surface area contributed by atoms with E-state index in [1.54, 1.807) is 0 Å². The van der Waals surface area contributed by atoms with Gasteiger partial charge in [-0.05, 0) is 6.42 Å². The van der Waals surface area contributed by atoms with Crippen molar-refractivity contribution in [2.24, 2.45) is 10.9 Å². The van der Waals surface area contributed by atoms with Crippen LogP contribution in [0, 0.1) is 0 Å². The summed E-state index contributed by atoms with van der Waals surface area (Å²) in [5, 5.41) is 10.8. The normalized spacial score (nSPS) is 11.4. The zero-order valence-electron chi connectivity index (χ0n) is 5.29. The van der Waals surface area contributed by atoms with E-state index in [2.05, 4.69) is 5.16 Å². The van der Waals surface area contributed by atoms with Crippen LogP contribution in [0.2, 0.25) is 0 Å². The minimum Gasteiger partial charge on any atom is -0.410 e. The Morgan fingerprint density at radius 3 is 2.44 bits per heavy atom. The summed E-state index contributed by atoms with van der Waals surface area (Å²) in [5.74, 6) is -0.653. The standard InChI is InChI=1S/C5H10N2O2/c1-2-3-4(7-9)5(6)8/h9H,2-3H2,1H3,(H2,6,8)/b7-4+. The molecule has 0 aromatic carbocycles. The van der Waals surface area contributed by atoms with Crippen molar-refractivity contribution in [3.8, 4) is 0 Å². The lowest BCUT2D eigenvalue weighted by molar-refractivity contribution is -0.112. The van der Waals surface area contributed by atoms with Gasteiger partial charge in [0.05, 0.1) is 0 Å². The Morgan fingerprint density at radius 1 is 1.78 bits per heavy atom. The van der Waals surface area contributed by atoms with Crippen molar-refractivity contribution in [2.75, 3.05) is 0 Å². The van der Waals surface area contributed by atoms with Gasteiger partial charge in [-0.25, -0.2) is 0 Å². The molecule has 0 bridgehead atoms. The number of rotatable bonds is 3. The topological polar surface area (TPSA) is 75.7 Å². The molecule has 0 fully saturated rings. The zero-order chi connectivity index (χ0) is 7.28. The van der Waals surface area contributed by atoms with Crippen molar-refractivity contribution in [3.63, 3.8) is 0 Å². The van der Waals surface area contributed by atoms with Crippen LogP contribution in [0.15, 0.2) is 5.16 Å². The SMILES string of the molecule is CCC/C(=N\O)C(N)=O. The summed E-state index contributed by atoms with van der Waals surface area (Å²) in [4.78, 5) is 10.3. The number of nitrogens with two attached hydrogens (primary N) is 1.